The highest BCUT2D eigenvalue weighted by atomic mass is 16.5. The van der Waals surface area contributed by atoms with Gasteiger partial charge in [0.2, 0.25) is 0 Å². The van der Waals surface area contributed by atoms with E-state index in [1.807, 2.05) is 0 Å². The Balaban J connectivity index is 1.75. The highest BCUT2D eigenvalue weighted by molar-refractivity contribution is 4.99. The number of likely N-dealkylation sites (tertiary alicyclic amines) is 1. The molecular weight excluding hydrogens is 238 g/mol. The zero-order valence-electron chi connectivity index (χ0n) is 12.9. The minimum Gasteiger partial charge on any atom is -0.380 e. The summed E-state index contributed by atoms with van der Waals surface area (Å²) in [6, 6.07) is 0.618. The number of ether oxygens (including phenoxy) is 1. The van der Waals surface area contributed by atoms with Crippen LogP contribution in [0.2, 0.25) is 0 Å². The Morgan fingerprint density at radius 2 is 2.16 bits per heavy atom. The average molecular weight is 269 g/mol. The van der Waals surface area contributed by atoms with Gasteiger partial charge in [0.05, 0.1) is 6.61 Å². The third-order valence-corrected chi connectivity index (χ3v) is 4.90. The van der Waals surface area contributed by atoms with Crippen LogP contribution in [0, 0.1) is 5.92 Å². The number of rotatable bonds is 8. The largest absolute Gasteiger partial charge is 0.380 e. The van der Waals surface area contributed by atoms with Crippen molar-refractivity contribution in [1.82, 2.24) is 9.80 Å². The first kappa shape index (κ1) is 15.2. The fraction of sp³-hybridized carbons (Fsp3) is 1.00. The van der Waals surface area contributed by atoms with E-state index in [2.05, 4.69) is 30.7 Å². The number of hydrogen-bond donors (Lipinski definition) is 1. The second-order valence-electron chi connectivity index (χ2n) is 6.68. The quantitative estimate of drug-likeness (QED) is 0.671. The van der Waals surface area contributed by atoms with Gasteiger partial charge in [0.1, 0.15) is 0 Å². The van der Waals surface area contributed by atoms with E-state index >= 15 is 0 Å². The third kappa shape index (κ3) is 3.91. The molecule has 2 rings (SSSR count). The molecule has 1 saturated heterocycles. The van der Waals surface area contributed by atoms with Gasteiger partial charge in [-0.2, -0.15) is 0 Å². The first-order valence-corrected chi connectivity index (χ1v) is 7.80. The summed E-state index contributed by atoms with van der Waals surface area (Å²) in [6.45, 7) is 10.3. The van der Waals surface area contributed by atoms with Crippen LogP contribution in [0.3, 0.4) is 0 Å². The summed E-state index contributed by atoms with van der Waals surface area (Å²) in [5.41, 5.74) is 6.25. The average Bonchev–Trinajstić information content (AvgIpc) is 3.10. The summed E-state index contributed by atoms with van der Waals surface area (Å²) >= 11 is 0. The molecule has 2 fully saturated rings. The molecule has 2 N–H and O–H groups in total. The Morgan fingerprint density at radius 3 is 2.68 bits per heavy atom. The topological polar surface area (TPSA) is 41.7 Å². The van der Waals surface area contributed by atoms with Crippen molar-refractivity contribution in [3.63, 3.8) is 0 Å². The van der Waals surface area contributed by atoms with Crippen molar-refractivity contribution in [3.8, 4) is 0 Å². The number of likely N-dealkylation sites (N-methyl/N-ethyl adjacent to an activating group) is 1. The van der Waals surface area contributed by atoms with Gasteiger partial charge in [0.15, 0.2) is 0 Å². The predicted octanol–water partition coefficient (Wildman–Crippen LogP) is 1.16. The van der Waals surface area contributed by atoms with E-state index in [0.717, 1.165) is 38.8 Å². The highest BCUT2D eigenvalue weighted by Gasteiger charge is 2.40. The summed E-state index contributed by atoms with van der Waals surface area (Å²) in [5.74, 6) is 0.858. The van der Waals surface area contributed by atoms with E-state index < -0.39 is 0 Å². The van der Waals surface area contributed by atoms with Gasteiger partial charge >= 0.3 is 0 Å². The molecule has 2 aliphatic rings. The Labute approximate surface area is 118 Å². The smallest absolute Gasteiger partial charge is 0.0593 e. The Bertz CT molecular complexity index is 281. The zero-order valence-corrected chi connectivity index (χ0v) is 12.9. The van der Waals surface area contributed by atoms with Crippen LogP contribution in [0.15, 0.2) is 0 Å². The molecule has 0 bridgehead atoms. The molecule has 1 aliphatic carbocycles. The van der Waals surface area contributed by atoms with Crippen LogP contribution in [0.25, 0.3) is 0 Å². The van der Waals surface area contributed by atoms with E-state index in [0.29, 0.717) is 6.04 Å². The molecule has 1 saturated carbocycles. The van der Waals surface area contributed by atoms with Crippen LogP contribution in [0.5, 0.6) is 0 Å². The minimum atomic E-state index is 0.160. The summed E-state index contributed by atoms with van der Waals surface area (Å²) in [4.78, 5) is 4.97. The van der Waals surface area contributed by atoms with Gasteiger partial charge in [-0.25, -0.2) is 0 Å². The fourth-order valence-corrected chi connectivity index (χ4v) is 2.94. The maximum absolute atomic E-state index is 6.09. The van der Waals surface area contributed by atoms with Crippen molar-refractivity contribution >= 4 is 0 Å². The lowest BCUT2D eigenvalue weighted by atomic mass is 9.97. The normalized spacial score (nSPS) is 28.7. The molecule has 1 heterocycles. The first-order valence-electron chi connectivity index (χ1n) is 7.80. The molecule has 1 aliphatic heterocycles. The monoisotopic (exact) mass is 269 g/mol. The molecule has 0 spiro atoms. The van der Waals surface area contributed by atoms with Crippen LogP contribution in [0.4, 0.5) is 0 Å². The maximum Gasteiger partial charge on any atom is 0.0593 e. The van der Waals surface area contributed by atoms with Gasteiger partial charge in [0, 0.05) is 44.4 Å². The van der Waals surface area contributed by atoms with Gasteiger partial charge in [-0.3, -0.25) is 9.80 Å². The molecule has 1 atom stereocenters. The zero-order chi connectivity index (χ0) is 13.9. The van der Waals surface area contributed by atoms with Crippen molar-refractivity contribution in [2.75, 3.05) is 46.4 Å². The molecule has 1 unspecified atom stereocenters. The van der Waals surface area contributed by atoms with Crippen molar-refractivity contribution in [1.29, 1.82) is 0 Å². The number of nitrogens with zero attached hydrogens (tertiary/aromatic N) is 2. The molecule has 112 valence electrons. The van der Waals surface area contributed by atoms with Crippen molar-refractivity contribution in [2.45, 2.75) is 44.7 Å². The summed E-state index contributed by atoms with van der Waals surface area (Å²) in [5, 5.41) is 0. The Kier molecular flexibility index (Phi) is 5.23. The SMILES string of the molecule is CC(C)N1CCC(CN)(N(C)CCOCC2CC2)C1. The van der Waals surface area contributed by atoms with Gasteiger partial charge < -0.3 is 10.5 Å². The van der Waals surface area contributed by atoms with Crippen LogP contribution in [-0.2, 0) is 4.74 Å². The van der Waals surface area contributed by atoms with Crippen LogP contribution in [0.1, 0.15) is 33.1 Å². The lowest BCUT2D eigenvalue weighted by molar-refractivity contribution is 0.0601. The standard InChI is InChI=1S/C15H31N3O/c1-13(2)18-7-6-15(11-16,12-18)17(3)8-9-19-10-14-4-5-14/h13-14H,4-12,16H2,1-3H3. The van der Waals surface area contributed by atoms with Crippen LogP contribution >= 0.6 is 0 Å². The lowest BCUT2D eigenvalue weighted by Gasteiger charge is -2.38. The number of hydrogen-bond acceptors (Lipinski definition) is 4. The van der Waals surface area contributed by atoms with E-state index in [1.54, 1.807) is 0 Å². The molecular formula is C15H31N3O. The minimum absolute atomic E-state index is 0.160. The van der Waals surface area contributed by atoms with Crippen molar-refractivity contribution in [2.24, 2.45) is 11.7 Å². The molecule has 0 radical (unpaired) electrons. The summed E-state index contributed by atoms with van der Waals surface area (Å²) in [7, 11) is 2.21. The highest BCUT2D eigenvalue weighted by Crippen LogP contribution is 2.29. The van der Waals surface area contributed by atoms with Crippen molar-refractivity contribution in [3.05, 3.63) is 0 Å². The first-order chi connectivity index (χ1) is 9.07. The molecule has 0 aromatic carbocycles. The van der Waals surface area contributed by atoms with Crippen LogP contribution in [-0.4, -0.2) is 67.8 Å². The third-order valence-electron chi connectivity index (χ3n) is 4.90. The molecule has 4 nitrogen and oxygen atoms in total. The van der Waals surface area contributed by atoms with Gasteiger partial charge in [0.25, 0.3) is 0 Å². The molecule has 0 amide bonds. The predicted molar refractivity (Wildman–Crippen MR) is 79.3 cm³/mol. The van der Waals surface area contributed by atoms with E-state index in [1.165, 1.54) is 25.8 Å². The van der Waals surface area contributed by atoms with E-state index in [4.69, 9.17) is 10.5 Å². The lowest BCUT2D eigenvalue weighted by Crippen LogP contribution is -2.55. The van der Waals surface area contributed by atoms with Crippen LogP contribution < -0.4 is 5.73 Å². The van der Waals surface area contributed by atoms with E-state index in [9.17, 15) is 0 Å². The molecule has 0 aromatic heterocycles. The maximum atomic E-state index is 6.09. The molecule has 19 heavy (non-hydrogen) atoms. The Morgan fingerprint density at radius 1 is 1.42 bits per heavy atom. The fourth-order valence-electron chi connectivity index (χ4n) is 2.94. The second-order valence-corrected chi connectivity index (χ2v) is 6.68. The summed E-state index contributed by atoms with van der Waals surface area (Å²) < 4.78 is 5.76. The molecule has 4 heteroatoms. The van der Waals surface area contributed by atoms with Crippen molar-refractivity contribution < 1.29 is 4.74 Å². The summed E-state index contributed by atoms with van der Waals surface area (Å²) in [6.07, 6.45) is 3.92. The van der Waals surface area contributed by atoms with Gasteiger partial charge in [-0.15, -0.1) is 0 Å². The van der Waals surface area contributed by atoms with Gasteiger partial charge in [-0.1, -0.05) is 0 Å². The second kappa shape index (κ2) is 6.53. The van der Waals surface area contributed by atoms with Gasteiger partial charge in [-0.05, 0) is 46.1 Å². The molecule has 0 aromatic rings. The number of nitrogens with two attached hydrogens (primary N) is 1. The van der Waals surface area contributed by atoms with E-state index in [-0.39, 0.29) is 5.54 Å². The Hall–Kier alpha value is -0.160.